The summed E-state index contributed by atoms with van der Waals surface area (Å²) in [4.78, 5) is 0. The van der Waals surface area contributed by atoms with Crippen molar-refractivity contribution in [2.45, 2.75) is 0 Å². The highest BCUT2D eigenvalue weighted by atomic mass is 14.9. The van der Waals surface area contributed by atoms with Gasteiger partial charge in [-0.15, -0.1) is 0 Å². The second-order valence-corrected chi connectivity index (χ2v) is 5.18. The topological polar surface area (TPSA) is 12.0 Å². The van der Waals surface area contributed by atoms with Crippen molar-refractivity contribution < 1.29 is 0 Å². The molecule has 0 aliphatic carbocycles. The number of rotatable bonds is 1. The van der Waals surface area contributed by atoms with E-state index in [9.17, 15) is 0 Å². The maximum Gasteiger partial charge on any atom is 0.0464 e. The molecule has 1 N–H and O–H groups in total. The molecule has 0 amide bonds. The molecule has 0 fully saturated rings. The lowest BCUT2D eigenvalue weighted by Crippen LogP contribution is -1.94. The Balaban J connectivity index is 1.91. The fraction of sp³-hybridized carbons (Fsp3) is 0. The Kier molecular flexibility index (Phi) is 2.82. The standard InChI is InChI=1S/C20H15N/c1-2-7-15(8-3-1)17-10-6-12-20-18(17)14-13-16-9-4-5-11-19(16)21-20/h1-14,21H. The zero-order valence-corrected chi connectivity index (χ0v) is 11.6. The summed E-state index contributed by atoms with van der Waals surface area (Å²) in [5.41, 5.74) is 7.25. The van der Waals surface area contributed by atoms with E-state index in [0.717, 1.165) is 11.4 Å². The molecule has 1 heterocycles. The summed E-state index contributed by atoms with van der Waals surface area (Å²) in [6.07, 6.45) is 4.39. The Bertz CT molecular complexity index is 816. The summed E-state index contributed by atoms with van der Waals surface area (Å²) >= 11 is 0. The molecule has 4 rings (SSSR count). The molecule has 21 heavy (non-hydrogen) atoms. The molecule has 0 bridgehead atoms. The molecule has 0 aromatic heterocycles. The zero-order valence-electron chi connectivity index (χ0n) is 11.6. The Labute approximate surface area is 124 Å². The molecule has 1 aliphatic heterocycles. The van der Waals surface area contributed by atoms with Gasteiger partial charge >= 0.3 is 0 Å². The molecule has 0 unspecified atom stereocenters. The minimum Gasteiger partial charge on any atom is -0.355 e. The summed E-state index contributed by atoms with van der Waals surface area (Å²) in [5.74, 6) is 0. The first kappa shape index (κ1) is 12.0. The first-order chi connectivity index (χ1) is 10.4. The van der Waals surface area contributed by atoms with Crippen LogP contribution < -0.4 is 5.32 Å². The van der Waals surface area contributed by atoms with Crippen molar-refractivity contribution >= 4 is 23.5 Å². The van der Waals surface area contributed by atoms with E-state index in [1.165, 1.54) is 22.3 Å². The number of para-hydroxylation sites is 1. The van der Waals surface area contributed by atoms with Gasteiger partial charge in [-0.05, 0) is 28.8 Å². The van der Waals surface area contributed by atoms with Crippen LogP contribution in [0.2, 0.25) is 0 Å². The SMILES string of the molecule is C1=Cc2c(cccc2-c2ccccc2)Nc2ccccc21. The van der Waals surface area contributed by atoms with Gasteiger partial charge < -0.3 is 5.32 Å². The highest BCUT2D eigenvalue weighted by Crippen LogP contribution is 2.36. The molecule has 1 nitrogen and oxygen atoms in total. The molecule has 0 radical (unpaired) electrons. The van der Waals surface area contributed by atoms with Crippen LogP contribution >= 0.6 is 0 Å². The van der Waals surface area contributed by atoms with Gasteiger partial charge in [0.1, 0.15) is 0 Å². The fourth-order valence-corrected chi connectivity index (χ4v) is 2.80. The van der Waals surface area contributed by atoms with Crippen molar-refractivity contribution in [3.05, 3.63) is 83.9 Å². The van der Waals surface area contributed by atoms with Crippen molar-refractivity contribution in [1.82, 2.24) is 0 Å². The van der Waals surface area contributed by atoms with Crippen LogP contribution in [0.4, 0.5) is 11.4 Å². The predicted molar refractivity (Wildman–Crippen MR) is 90.5 cm³/mol. The monoisotopic (exact) mass is 269 g/mol. The molecule has 100 valence electrons. The van der Waals surface area contributed by atoms with Crippen LogP contribution in [-0.2, 0) is 0 Å². The Morgan fingerprint density at radius 2 is 1.33 bits per heavy atom. The summed E-state index contributed by atoms with van der Waals surface area (Å²) < 4.78 is 0. The molecular weight excluding hydrogens is 254 g/mol. The maximum absolute atomic E-state index is 3.55. The average Bonchev–Trinajstić information content (AvgIpc) is 2.74. The van der Waals surface area contributed by atoms with Gasteiger partial charge in [0.15, 0.2) is 0 Å². The summed E-state index contributed by atoms with van der Waals surface area (Å²) in [5, 5.41) is 3.55. The number of hydrogen-bond acceptors (Lipinski definition) is 1. The van der Waals surface area contributed by atoms with Crippen LogP contribution in [0.15, 0.2) is 72.8 Å². The van der Waals surface area contributed by atoms with E-state index < -0.39 is 0 Å². The molecule has 0 atom stereocenters. The highest BCUT2D eigenvalue weighted by Gasteiger charge is 2.11. The lowest BCUT2D eigenvalue weighted by Gasteiger charge is -2.13. The van der Waals surface area contributed by atoms with Crippen molar-refractivity contribution in [2.75, 3.05) is 5.32 Å². The van der Waals surface area contributed by atoms with Crippen molar-refractivity contribution in [2.24, 2.45) is 0 Å². The van der Waals surface area contributed by atoms with E-state index in [4.69, 9.17) is 0 Å². The maximum atomic E-state index is 3.55. The third-order valence-corrected chi connectivity index (χ3v) is 3.85. The van der Waals surface area contributed by atoms with E-state index in [-0.39, 0.29) is 0 Å². The highest BCUT2D eigenvalue weighted by molar-refractivity contribution is 5.93. The van der Waals surface area contributed by atoms with Gasteiger partial charge in [0.05, 0.1) is 0 Å². The Hall–Kier alpha value is -2.80. The number of fused-ring (bicyclic) bond motifs is 2. The minimum atomic E-state index is 1.15. The van der Waals surface area contributed by atoms with Gasteiger partial charge in [-0.25, -0.2) is 0 Å². The second kappa shape index (κ2) is 4.95. The Morgan fingerprint density at radius 1 is 0.571 bits per heavy atom. The lowest BCUT2D eigenvalue weighted by atomic mass is 9.98. The molecule has 0 saturated carbocycles. The number of anilines is 2. The van der Waals surface area contributed by atoms with Crippen LogP contribution in [0, 0.1) is 0 Å². The van der Waals surface area contributed by atoms with Gasteiger partial charge in [0.2, 0.25) is 0 Å². The number of nitrogens with one attached hydrogen (secondary N) is 1. The molecule has 0 saturated heterocycles. The van der Waals surface area contributed by atoms with Crippen molar-refractivity contribution in [3.8, 4) is 11.1 Å². The average molecular weight is 269 g/mol. The van der Waals surface area contributed by atoms with Crippen molar-refractivity contribution in [1.29, 1.82) is 0 Å². The van der Waals surface area contributed by atoms with Gasteiger partial charge in [-0.3, -0.25) is 0 Å². The van der Waals surface area contributed by atoms with Gasteiger partial charge in [0, 0.05) is 16.9 Å². The van der Waals surface area contributed by atoms with Gasteiger partial charge in [-0.1, -0.05) is 72.8 Å². The molecule has 1 heteroatoms. The molecule has 0 spiro atoms. The second-order valence-electron chi connectivity index (χ2n) is 5.18. The molecule has 1 aliphatic rings. The van der Waals surface area contributed by atoms with Crippen molar-refractivity contribution in [3.63, 3.8) is 0 Å². The summed E-state index contributed by atoms with van der Waals surface area (Å²) in [6.45, 7) is 0. The summed E-state index contributed by atoms with van der Waals surface area (Å²) in [6, 6.07) is 25.3. The van der Waals surface area contributed by atoms with E-state index >= 15 is 0 Å². The van der Waals surface area contributed by atoms with Crippen LogP contribution in [-0.4, -0.2) is 0 Å². The third kappa shape index (κ3) is 2.13. The zero-order chi connectivity index (χ0) is 14.1. The first-order valence-electron chi connectivity index (χ1n) is 7.14. The first-order valence-corrected chi connectivity index (χ1v) is 7.14. The van der Waals surface area contributed by atoms with Crippen LogP contribution in [0.1, 0.15) is 11.1 Å². The largest absolute Gasteiger partial charge is 0.355 e. The van der Waals surface area contributed by atoms with E-state index in [2.05, 4.69) is 90.3 Å². The minimum absolute atomic E-state index is 1.15. The Morgan fingerprint density at radius 3 is 2.24 bits per heavy atom. The molecule has 3 aromatic rings. The van der Waals surface area contributed by atoms with Crippen LogP contribution in [0.3, 0.4) is 0 Å². The van der Waals surface area contributed by atoms with Gasteiger partial charge in [-0.2, -0.15) is 0 Å². The number of benzene rings is 3. The van der Waals surface area contributed by atoms with Gasteiger partial charge in [0.25, 0.3) is 0 Å². The van der Waals surface area contributed by atoms with E-state index in [1.807, 2.05) is 0 Å². The van der Waals surface area contributed by atoms with Crippen LogP contribution in [0.25, 0.3) is 23.3 Å². The normalized spacial score (nSPS) is 12.0. The molecule has 3 aromatic carbocycles. The smallest absolute Gasteiger partial charge is 0.0464 e. The predicted octanol–water partition coefficient (Wildman–Crippen LogP) is 5.58. The quantitative estimate of drug-likeness (QED) is 0.475. The summed E-state index contributed by atoms with van der Waals surface area (Å²) in [7, 11) is 0. The lowest BCUT2D eigenvalue weighted by molar-refractivity contribution is 1.52. The van der Waals surface area contributed by atoms with E-state index in [0.29, 0.717) is 0 Å². The van der Waals surface area contributed by atoms with Crippen LogP contribution in [0.5, 0.6) is 0 Å². The fourth-order valence-electron chi connectivity index (χ4n) is 2.80. The van der Waals surface area contributed by atoms with E-state index in [1.54, 1.807) is 0 Å². The number of hydrogen-bond donors (Lipinski definition) is 1. The molecular formula is C20H15N. The third-order valence-electron chi connectivity index (χ3n) is 3.85.